The van der Waals surface area contributed by atoms with E-state index < -0.39 is 0 Å². The van der Waals surface area contributed by atoms with E-state index in [1.165, 1.54) is 0 Å². The van der Waals surface area contributed by atoms with E-state index in [1.54, 1.807) is 7.11 Å². The van der Waals surface area contributed by atoms with Gasteiger partial charge in [0.05, 0.1) is 13.2 Å². The molecule has 0 amide bonds. The molecule has 0 N–H and O–H groups in total. The van der Waals surface area contributed by atoms with Crippen molar-refractivity contribution in [1.82, 2.24) is 4.90 Å². The number of hydrogen-bond acceptors (Lipinski definition) is 3. The number of benzene rings is 1. The fraction of sp³-hybridized carbons (Fsp3) is 0.462. The van der Waals surface area contributed by atoms with Crippen LogP contribution in [0.3, 0.4) is 0 Å². The van der Waals surface area contributed by atoms with Crippen molar-refractivity contribution in [2.45, 2.75) is 19.4 Å². The van der Waals surface area contributed by atoms with E-state index in [2.05, 4.69) is 6.92 Å². The molecule has 0 saturated heterocycles. The van der Waals surface area contributed by atoms with Crippen LogP contribution in [0.1, 0.15) is 24.1 Å². The number of ether oxygens (including phenoxy) is 1. The van der Waals surface area contributed by atoms with E-state index >= 15 is 0 Å². The van der Waals surface area contributed by atoms with Gasteiger partial charge in [0.1, 0.15) is 12.0 Å². The molecule has 1 rings (SSSR count). The Hall–Kier alpha value is -1.35. The van der Waals surface area contributed by atoms with Crippen LogP contribution < -0.4 is 4.74 Å². The summed E-state index contributed by atoms with van der Waals surface area (Å²) in [6.45, 7) is 2.08. The summed E-state index contributed by atoms with van der Waals surface area (Å²) >= 11 is 0. The third-order valence-electron chi connectivity index (χ3n) is 2.71. The van der Waals surface area contributed by atoms with E-state index in [0.717, 1.165) is 29.6 Å². The maximum Gasteiger partial charge on any atom is 0.141 e. The molecule has 1 unspecified atom stereocenters. The number of aryl methyl sites for hydroxylation is 1. The molecule has 1 aromatic rings. The van der Waals surface area contributed by atoms with Crippen molar-refractivity contribution < 1.29 is 9.53 Å². The lowest BCUT2D eigenvalue weighted by Gasteiger charge is -2.20. The van der Waals surface area contributed by atoms with Crippen LogP contribution in [0.4, 0.5) is 0 Å². The number of methoxy groups -OCH3 is 1. The van der Waals surface area contributed by atoms with Crippen LogP contribution in [0.15, 0.2) is 18.2 Å². The van der Waals surface area contributed by atoms with Crippen LogP contribution in [0, 0.1) is 0 Å². The highest BCUT2D eigenvalue weighted by Gasteiger charge is 2.14. The summed E-state index contributed by atoms with van der Waals surface area (Å²) in [5.74, 6) is 0.884. The van der Waals surface area contributed by atoms with Crippen LogP contribution in [0.2, 0.25) is 0 Å². The van der Waals surface area contributed by atoms with Crippen LogP contribution >= 0.6 is 0 Å². The summed E-state index contributed by atoms with van der Waals surface area (Å²) in [4.78, 5) is 12.9. The Morgan fingerprint density at radius 1 is 1.44 bits per heavy atom. The van der Waals surface area contributed by atoms with Gasteiger partial charge in [-0.05, 0) is 37.7 Å². The van der Waals surface area contributed by atoms with Crippen LogP contribution in [0.25, 0.3) is 0 Å². The van der Waals surface area contributed by atoms with Crippen LogP contribution in [-0.2, 0) is 11.2 Å². The Kier molecular flexibility index (Phi) is 4.50. The zero-order valence-electron chi connectivity index (χ0n) is 10.4. The number of aldehydes is 1. The molecule has 1 atom stereocenters. The largest absolute Gasteiger partial charge is 0.496 e. The summed E-state index contributed by atoms with van der Waals surface area (Å²) < 4.78 is 5.26. The van der Waals surface area contributed by atoms with E-state index in [-0.39, 0.29) is 6.04 Å². The highest BCUT2D eigenvalue weighted by atomic mass is 16.5. The average Bonchev–Trinajstić information content (AvgIpc) is 2.29. The molecule has 1 aromatic carbocycles. The second-order valence-electron chi connectivity index (χ2n) is 3.97. The van der Waals surface area contributed by atoms with E-state index in [4.69, 9.17) is 4.74 Å². The van der Waals surface area contributed by atoms with Gasteiger partial charge in [-0.15, -0.1) is 0 Å². The first-order valence-corrected chi connectivity index (χ1v) is 5.42. The Morgan fingerprint density at radius 2 is 2.12 bits per heavy atom. The van der Waals surface area contributed by atoms with Gasteiger partial charge in [0.2, 0.25) is 0 Å². The highest BCUT2D eigenvalue weighted by Crippen LogP contribution is 2.24. The molecule has 0 heterocycles. The molecule has 16 heavy (non-hydrogen) atoms. The Balaban J connectivity index is 3.10. The summed E-state index contributed by atoms with van der Waals surface area (Å²) in [5, 5.41) is 0. The quantitative estimate of drug-likeness (QED) is 0.713. The predicted octanol–water partition coefficient (Wildman–Crippen LogP) is 2.06. The number of carbonyl (C=O) groups excluding carboxylic acids is 1. The lowest BCUT2D eigenvalue weighted by Crippen LogP contribution is -2.21. The number of hydrogen-bond donors (Lipinski definition) is 0. The van der Waals surface area contributed by atoms with Crippen LogP contribution in [-0.4, -0.2) is 32.4 Å². The first-order valence-electron chi connectivity index (χ1n) is 5.42. The van der Waals surface area contributed by atoms with Crippen molar-refractivity contribution in [2.24, 2.45) is 0 Å². The zero-order valence-corrected chi connectivity index (χ0v) is 10.4. The minimum atomic E-state index is -0.184. The lowest BCUT2D eigenvalue weighted by molar-refractivity contribution is -0.111. The van der Waals surface area contributed by atoms with E-state index in [0.29, 0.717) is 0 Å². The average molecular weight is 221 g/mol. The molecule has 0 aliphatic carbocycles. The molecule has 0 radical (unpaired) electrons. The third-order valence-corrected chi connectivity index (χ3v) is 2.71. The third kappa shape index (κ3) is 2.61. The summed E-state index contributed by atoms with van der Waals surface area (Å²) in [5.41, 5.74) is 2.14. The van der Waals surface area contributed by atoms with Gasteiger partial charge < -0.3 is 9.53 Å². The van der Waals surface area contributed by atoms with E-state index in [1.807, 2.05) is 37.2 Å². The number of rotatable bonds is 5. The maximum absolute atomic E-state index is 11.0. The highest BCUT2D eigenvalue weighted by molar-refractivity contribution is 5.62. The van der Waals surface area contributed by atoms with Gasteiger partial charge in [0.25, 0.3) is 0 Å². The number of carbonyl (C=O) groups is 1. The van der Waals surface area contributed by atoms with Gasteiger partial charge in [-0.3, -0.25) is 4.90 Å². The number of likely N-dealkylation sites (N-methyl/N-ethyl adjacent to an activating group) is 1. The van der Waals surface area contributed by atoms with Gasteiger partial charge in [-0.25, -0.2) is 0 Å². The Morgan fingerprint density at radius 3 is 2.56 bits per heavy atom. The van der Waals surface area contributed by atoms with Gasteiger partial charge in [-0.1, -0.05) is 19.1 Å². The minimum Gasteiger partial charge on any atom is -0.496 e. The number of nitrogens with zero attached hydrogens (tertiary/aromatic N) is 1. The minimum absolute atomic E-state index is 0.184. The summed E-state index contributed by atoms with van der Waals surface area (Å²) in [6.07, 6.45) is 1.86. The Labute approximate surface area is 97.0 Å². The van der Waals surface area contributed by atoms with Gasteiger partial charge >= 0.3 is 0 Å². The lowest BCUT2D eigenvalue weighted by atomic mass is 10.0. The first-order chi connectivity index (χ1) is 7.63. The molecule has 3 heteroatoms. The molecule has 88 valence electrons. The Bertz CT molecular complexity index is 361. The topological polar surface area (TPSA) is 29.5 Å². The summed E-state index contributed by atoms with van der Waals surface area (Å²) in [7, 11) is 5.46. The predicted molar refractivity (Wildman–Crippen MR) is 64.9 cm³/mol. The SMILES string of the molecule is CCc1cc(C(C=O)N(C)C)ccc1OC. The molecule has 0 saturated carbocycles. The molecule has 0 bridgehead atoms. The molecule has 0 aliphatic heterocycles. The molecular formula is C13H19NO2. The second-order valence-corrected chi connectivity index (χ2v) is 3.97. The smallest absolute Gasteiger partial charge is 0.141 e. The normalized spacial score (nSPS) is 12.6. The van der Waals surface area contributed by atoms with Crippen molar-refractivity contribution in [3.8, 4) is 5.75 Å². The standard InChI is InChI=1S/C13H19NO2/c1-5-10-8-11(6-7-13(10)16-4)12(9-15)14(2)3/h6-9,12H,5H2,1-4H3. The molecule has 3 nitrogen and oxygen atoms in total. The molecule has 0 spiro atoms. The van der Waals surface area contributed by atoms with Crippen molar-refractivity contribution in [3.63, 3.8) is 0 Å². The zero-order chi connectivity index (χ0) is 12.1. The monoisotopic (exact) mass is 221 g/mol. The maximum atomic E-state index is 11.0. The van der Waals surface area contributed by atoms with Crippen LogP contribution in [0.5, 0.6) is 5.75 Å². The second kappa shape index (κ2) is 5.66. The van der Waals surface area contributed by atoms with Crippen molar-refractivity contribution in [3.05, 3.63) is 29.3 Å². The molecule has 0 aliphatic rings. The van der Waals surface area contributed by atoms with Crippen molar-refractivity contribution in [1.29, 1.82) is 0 Å². The van der Waals surface area contributed by atoms with Gasteiger partial charge in [0, 0.05) is 0 Å². The molecular weight excluding hydrogens is 202 g/mol. The van der Waals surface area contributed by atoms with Crippen molar-refractivity contribution in [2.75, 3.05) is 21.2 Å². The summed E-state index contributed by atoms with van der Waals surface area (Å²) in [6, 6.07) is 5.72. The molecule has 0 aromatic heterocycles. The fourth-order valence-electron chi connectivity index (χ4n) is 1.76. The first kappa shape index (κ1) is 12.7. The molecule has 0 fully saturated rings. The fourth-order valence-corrected chi connectivity index (χ4v) is 1.76. The van der Waals surface area contributed by atoms with Gasteiger partial charge in [0.15, 0.2) is 0 Å². The van der Waals surface area contributed by atoms with Crippen molar-refractivity contribution >= 4 is 6.29 Å². The van der Waals surface area contributed by atoms with Gasteiger partial charge in [-0.2, -0.15) is 0 Å². The van der Waals surface area contributed by atoms with E-state index in [9.17, 15) is 4.79 Å².